The van der Waals surface area contributed by atoms with Crippen molar-refractivity contribution in [3.05, 3.63) is 59.2 Å². The van der Waals surface area contributed by atoms with Gasteiger partial charge in [0.2, 0.25) is 12.7 Å². The number of benzene rings is 2. The summed E-state index contributed by atoms with van der Waals surface area (Å²) in [6, 6.07) is 14.0. The third kappa shape index (κ3) is 2.98. The lowest BCUT2D eigenvalue weighted by molar-refractivity contribution is -0.135. The molecule has 2 unspecified atom stereocenters. The first-order chi connectivity index (χ1) is 15.2. The molecule has 0 aromatic heterocycles. The number of fused-ring (bicyclic) bond motifs is 2. The molecule has 0 saturated carbocycles. The molecular weight excluding hydrogens is 404 g/mol. The van der Waals surface area contributed by atoms with E-state index in [1.165, 1.54) is 0 Å². The van der Waals surface area contributed by atoms with Crippen LogP contribution in [0.1, 0.15) is 43.5 Å². The van der Waals surface area contributed by atoms with Gasteiger partial charge in [-0.15, -0.1) is 0 Å². The molecule has 168 valence electrons. The summed E-state index contributed by atoms with van der Waals surface area (Å²) in [7, 11) is 2.12. The summed E-state index contributed by atoms with van der Waals surface area (Å²) < 4.78 is 10.9. The van der Waals surface area contributed by atoms with Gasteiger partial charge >= 0.3 is 0 Å². The number of hydrogen-bond donors (Lipinski definition) is 2. The molecule has 7 nitrogen and oxygen atoms in total. The van der Waals surface area contributed by atoms with Crippen molar-refractivity contribution < 1.29 is 14.3 Å². The molecule has 1 amide bonds. The SMILES string of the molecule is C[C@@H]1C2C(C(=O)N1Cc1ccc3c(c1)OCO3)C(C)(C)N(C)[C@H]2c1ccc(C(=N)N)cc1. The number of nitrogens with zero attached hydrogens (tertiary/aromatic N) is 2. The number of rotatable bonds is 4. The molecule has 2 fully saturated rings. The van der Waals surface area contributed by atoms with E-state index in [0.29, 0.717) is 12.1 Å². The number of ether oxygens (including phenoxy) is 2. The molecule has 5 rings (SSSR count). The van der Waals surface area contributed by atoms with E-state index in [2.05, 4.69) is 32.7 Å². The van der Waals surface area contributed by atoms with Gasteiger partial charge in [-0.25, -0.2) is 0 Å². The topological polar surface area (TPSA) is 91.9 Å². The number of likely N-dealkylation sites (tertiary alicyclic amines) is 2. The van der Waals surface area contributed by atoms with Gasteiger partial charge in [-0.1, -0.05) is 30.3 Å². The Balaban J connectivity index is 1.47. The van der Waals surface area contributed by atoms with Crippen molar-refractivity contribution in [2.24, 2.45) is 17.6 Å². The van der Waals surface area contributed by atoms with Crippen LogP contribution in [0.4, 0.5) is 0 Å². The molecule has 3 N–H and O–H groups in total. The second-order valence-corrected chi connectivity index (χ2v) is 9.69. The predicted molar refractivity (Wildman–Crippen MR) is 122 cm³/mol. The van der Waals surface area contributed by atoms with Crippen LogP contribution >= 0.6 is 0 Å². The van der Waals surface area contributed by atoms with Gasteiger partial charge in [-0.2, -0.15) is 0 Å². The van der Waals surface area contributed by atoms with Crippen LogP contribution in [0.3, 0.4) is 0 Å². The van der Waals surface area contributed by atoms with E-state index in [-0.39, 0.29) is 48.0 Å². The van der Waals surface area contributed by atoms with Crippen molar-refractivity contribution in [3.63, 3.8) is 0 Å². The van der Waals surface area contributed by atoms with Crippen molar-refractivity contribution in [2.75, 3.05) is 13.8 Å². The molecule has 3 aliphatic rings. The first-order valence-corrected chi connectivity index (χ1v) is 11.1. The van der Waals surface area contributed by atoms with Crippen molar-refractivity contribution in [3.8, 4) is 11.5 Å². The van der Waals surface area contributed by atoms with Crippen LogP contribution in [0.15, 0.2) is 42.5 Å². The summed E-state index contributed by atoms with van der Waals surface area (Å²) in [4.78, 5) is 18.1. The highest BCUT2D eigenvalue weighted by atomic mass is 16.7. The zero-order chi connectivity index (χ0) is 22.8. The smallest absolute Gasteiger partial charge is 0.231 e. The molecule has 0 bridgehead atoms. The second kappa shape index (κ2) is 7.24. The van der Waals surface area contributed by atoms with Gasteiger partial charge in [0.05, 0.1) is 5.92 Å². The lowest BCUT2D eigenvalue weighted by Gasteiger charge is -2.37. The second-order valence-electron chi connectivity index (χ2n) is 9.69. The molecule has 2 aromatic rings. The van der Waals surface area contributed by atoms with Gasteiger partial charge < -0.3 is 20.1 Å². The monoisotopic (exact) mass is 434 g/mol. The Hall–Kier alpha value is -3.06. The predicted octanol–water partition coefficient (Wildman–Crippen LogP) is 3.13. The third-order valence-electron chi connectivity index (χ3n) is 7.79. The van der Waals surface area contributed by atoms with Crippen LogP contribution in [0.25, 0.3) is 0 Å². The van der Waals surface area contributed by atoms with Crippen LogP contribution in [0.5, 0.6) is 11.5 Å². The van der Waals surface area contributed by atoms with Gasteiger partial charge in [0.15, 0.2) is 11.5 Å². The minimum atomic E-state index is -0.274. The average molecular weight is 435 g/mol. The van der Waals surface area contributed by atoms with Gasteiger partial charge in [-0.3, -0.25) is 15.1 Å². The number of nitrogens with two attached hydrogens (primary N) is 1. The number of carbonyl (C=O) groups excluding carboxylic acids is 1. The van der Waals surface area contributed by atoms with Crippen LogP contribution in [-0.4, -0.2) is 47.0 Å². The summed E-state index contributed by atoms with van der Waals surface area (Å²) >= 11 is 0. The van der Waals surface area contributed by atoms with E-state index in [9.17, 15) is 4.79 Å². The van der Waals surface area contributed by atoms with Crippen LogP contribution in [0, 0.1) is 17.2 Å². The molecule has 32 heavy (non-hydrogen) atoms. The van der Waals surface area contributed by atoms with Crippen LogP contribution < -0.4 is 15.2 Å². The number of amidine groups is 1. The Bertz CT molecular complexity index is 1080. The van der Waals surface area contributed by atoms with Crippen LogP contribution in [0.2, 0.25) is 0 Å². The van der Waals surface area contributed by atoms with Gasteiger partial charge in [0, 0.05) is 35.6 Å². The molecule has 3 aliphatic heterocycles. The highest BCUT2D eigenvalue weighted by molar-refractivity contribution is 5.94. The number of nitrogens with one attached hydrogen (secondary N) is 1. The largest absolute Gasteiger partial charge is 0.454 e. The lowest BCUT2D eigenvalue weighted by atomic mass is 9.79. The number of hydrogen-bond acceptors (Lipinski definition) is 5. The molecule has 2 saturated heterocycles. The van der Waals surface area contributed by atoms with Crippen molar-refractivity contribution in [1.29, 1.82) is 5.41 Å². The Labute approximate surface area is 188 Å². The van der Waals surface area contributed by atoms with E-state index in [1.807, 2.05) is 47.4 Å². The van der Waals surface area contributed by atoms with Crippen molar-refractivity contribution in [1.82, 2.24) is 9.80 Å². The summed E-state index contributed by atoms with van der Waals surface area (Å²) in [5.74, 6) is 1.84. The molecule has 7 heteroatoms. The zero-order valence-electron chi connectivity index (χ0n) is 19.0. The minimum absolute atomic E-state index is 0.0637. The Morgan fingerprint density at radius 1 is 1.16 bits per heavy atom. The fraction of sp³-hybridized carbons (Fsp3) is 0.440. The minimum Gasteiger partial charge on any atom is -0.454 e. The molecule has 0 radical (unpaired) electrons. The molecule has 3 heterocycles. The molecule has 0 spiro atoms. The molecule has 2 aromatic carbocycles. The Morgan fingerprint density at radius 3 is 2.53 bits per heavy atom. The highest BCUT2D eigenvalue weighted by Crippen LogP contribution is 2.56. The van der Waals surface area contributed by atoms with Gasteiger partial charge in [0.1, 0.15) is 5.84 Å². The van der Waals surface area contributed by atoms with E-state index in [1.54, 1.807) is 0 Å². The van der Waals surface area contributed by atoms with Crippen molar-refractivity contribution in [2.45, 2.75) is 44.9 Å². The zero-order valence-corrected chi connectivity index (χ0v) is 19.0. The summed E-state index contributed by atoms with van der Waals surface area (Å²) in [5, 5.41) is 7.67. The average Bonchev–Trinajstić information content (AvgIpc) is 3.38. The molecule has 0 aliphatic carbocycles. The van der Waals surface area contributed by atoms with Gasteiger partial charge in [0.25, 0.3) is 0 Å². The maximum Gasteiger partial charge on any atom is 0.231 e. The first kappa shape index (κ1) is 20.8. The van der Waals surface area contributed by atoms with E-state index < -0.39 is 0 Å². The van der Waals surface area contributed by atoms with E-state index in [0.717, 1.165) is 22.6 Å². The molecular formula is C25H30N4O3. The van der Waals surface area contributed by atoms with E-state index >= 15 is 0 Å². The maximum atomic E-state index is 13.7. The Kier molecular flexibility index (Phi) is 4.71. The third-order valence-corrected chi connectivity index (χ3v) is 7.79. The standard InChI is InChI=1S/C25H30N4O3/c1-14-20-21(24(30)29(14)12-15-5-10-18-19(11-15)32-13-31-18)25(2,3)28(4)22(20)16-6-8-17(9-7-16)23(26)27/h5-11,14,20-22H,12-13H2,1-4H3,(H3,26,27)/t14-,20?,21?,22+/m1/s1. The Morgan fingerprint density at radius 2 is 1.84 bits per heavy atom. The number of carbonyl (C=O) groups is 1. The quantitative estimate of drug-likeness (QED) is 0.570. The maximum absolute atomic E-state index is 13.7. The fourth-order valence-corrected chi connectivity index (χ4v) is 5.85. The number of nitrogen functional groups attached to an aromatic ring is 1. The van der Waals surface area contributed by atoms with Crippen molar-refractivity contribution >= 4 is 11.7 Å². The highest BCUT2D eigenvalue weighted by Gasteiger charge is 2.63. The lowest BCUT2D eigenvalue weighted by Crippen LogP contribution is -2.46. The number of amides is 1. The summed E-state index contributed by atoms with van der Waals surface area (Å²) in [5.41, 5.74) is 8.28. The van der Waals surface area contributed by atoms with E-state index in [4.69, 9.17) is 20.6 Å². The first-order valence-electron chi connectivity index (χ1n) is 11.1. The van der Waals surface area contributed by atoms with Gasteiger partial charge in [-0.05, 0) is 51.1 Å². The normalized spacial score (nSPS) is 28.2. The summed E-state index contributed by atoms with van der Waals surface area (Å²) in [6.45, 7) is 7.31. The molecule has 4 atom stereocenters. The fourth-order valence-electron chi connectivity index (χ4n) is 5.85. The van der Waals surface area contributed by atoms with Crippen LogP contribution in [-0.2, 0) is 11.3 Å². The summed E-state index contributed by atoms with van der Waals surface area (Å²) in [6.07, 6.45) is 0.